The van der Waals surface area contributed by atoms with E-state index in [1.807, 2.05) is 0 Å². The average molecular weight is 345 g/mol. The van der Waals surface area contributed by atoms with Gasteiger partial charge in [-0.1, -0.05) is 36.4 Å². The normalized spacial score (nSPS) is 17.6. The third-order valence-electron chi connectivity index (χ3n) is 4.02. The van der Waals surface area contributed by atoms with Crippen molar-refractivity contribution in [2.45, 2.75) is 17.1 Å². The lowest BCUT2D eigenvalue weighted by Crippen LogP contribution is -2.23. The smallest absolute Gasteiger partial charge is 0.229 e. The largest absolute Gasteiger partial charge is 0.381 e. The van der Waals surface area contributed by atoms with Crippen LogP contribution in [0.3, 0.4) is 0 Å². The van der Waals surface area contributed by atoms with Gasteiger partial charge in [0.25, 0.3) is 0 Å². The third kappa shape index (κ3) is 3.83. The van der Waals surface area contributed by atoms with Crippen LogP contribution in [0.4, 0.5) is 5.69 Å². The fraction of sp³-hybridized carbons (Fsp3) is 0.278. The number of ether oxygens (including phenoxy) is 1. The molecule has 2 aromatic rings. The van der Waals surface area contributed by atoms with Gasteiger partial charge in [-0.3, -0.25) is 4.79 Å². The van der Waals surface area contributed by atoms with Crippen LogP contribution in [0, 0.1) is 5.92 Å². The molecule has 1 atom stereocenters. The molecule has 1 amide bonds. The highest BCUT2D eigenvalue weighted by Crippen LogP contribution is 2.23. The standard InChI is InChI=1S/C18H19NO4S/c20-18(14-10-11-23-12-14)19-17-9-5-4-6-15(17)13-24(21,22)16-7-2-1-3-8-16/h1-9,14H,10-13H2,(H,19,20)/t14-/m0/s1. The van der Waals surface area contributed by atoms with Crippen molar-refractivity contribution < 1.29 is 17.9 Å². The van der Waals surface area contributed by atoms with E-state index in [2.05, 4.69) is 5.32 Å². The van der Waals surface area contributed by atoms with E-state index in [-0.39, 0.29) is 22.5 Å². The molecule has 0 aromatic heterocycles. The minimum atomic E-state index is -3.47. The van der Waals surface area contributed by atoms with Crippen molar-refractivity contribution in [1.29, 1.82) is 0 Å². The summed E-state index contributed by atoms with van der Waals surface area (Å²) in [5.41, 5.74) is 1.11. The Bertz CT molecular complexity index is 812. The molecule has 24 heavy (non-hydrogen) atoms. The second-order valence-electron chi connectivity index (χ2n) is 5.78. The molecule has 0 bridgehead atoms. The van der Waals surface area contributed by atoms with Gasteiger partial charge < -0.3 is 10.1 Å². The SMILES string of the molecule is O=C(Nc1ccccc1CS(=O)(=O)c1ccccc1)[C@H]1CCOC1. The van der Waals surface area contributed by atoms with E-state index < -0.39 is 9.84 Å². The topological polar surface area (TPSA) is 72.5 Å². The zero-order valence-electron chi connectivity index (χ0n) is 13.1. The monoisotopic (exact) mass is 345 g/mol. The maximum atomic E-state index is 12.6. The van der Waals surface area contributed by atoms with Crippen molar-refractivity contribution in [2.75, 3.05) is 18.5 Å². The Morgan fingerprint density at radius 3 is 2.50 bits per heavy atom. The summed E-state index contributed by atoms with van der Waals surface area (Å²) in [5.74, 6) is -0.463. The second-order valence-corrected chi connectivity index (χ2v) is 7.77. The van der Waals surface area contributed by atoms with Crippen LogP contribution in [0.5, 0.6) is 0 Å². The Kier molecular flexibility index (Phi) is 4.97. The van der Waals surface area contributed by atoms with E-state index in [0.29, 0.717) is 30.9 Å². The summed E-state index contributed by atoms with van der Waals surface area (Å²) in [5, 5.41) is 2.84. The van der Waals surface area contributed by atoms with Crippen LogP contribution in [0.15, 0.2) is 59.5 Å². The molecule has 0 unspecified atom stereocenters. The van der Waals surface area contributed by atoms with Gasteiger partial charge in [-0.2, -0.15) is 0 Å². The molecule has 0 aliphatic carbocycles. The van der Waals surface area contributed by atoms with Crippen molar-refractivity contribution in [2.24, 2.45) is 5.92 Å². The predicted octanol–water partition coefficient (Wildman–Crippen LogP) is 2.64. The van der Waals surface area contributed by atoms with Gasteiger partial charge >= 0.3 is 0 Å². The molecular weight excluding hydrogens is 326 g/mol. The number of para-hydroxylation sites is 1. The first-order valence-electron chi connectivity index (χ1n) is 7.80. The number of sulfone groups is 1. The first kappa shape index (κ1) is 16.7. The molecule has 0 spiro atoms. The van der Waals surface area contributed by atoms with Crippen molar-refractivity contribution in [1.82, 2.24) is 0 Å². The van der Waals surface area contributed by atoms with Gasteiger partial charge in [0.1, 0.15) is 0 Å². The summed E-state index contributed by atoms with van der Waals surface area (Å²) in [6.07, 6.45) is 0.691. The molecule has 3 rings (SSSR count). The van der Waals surface area contributed by atoms with Gasteiger partial charge in [0.05, 0.1) is 23.2 Å². The molecule has 2 aromatic carbocycles. The van der Waals surface area contributed by atoms with Gasteiger partial charge in [-0.25, -0.2) is 8.42 Å². The first-order chi connectivity index (χ1) is 11.6. The number of carbonyl (C=O) groups is 1. The number of amides is 1. The minimum Gasteiger partial charge on any atom is -0.381 e. The van der Waals surface area contributed by atoms with Gasteiger partial charge in [-0.15, -0.1) is 0 Å². The molecule has 0 saturated carbocycles. The number of anilines is 1. The molecule has 1 aliphatic heterocycles. The fourth-order valence-corrected chi connectivity index (χ4v) is 4.06. The summed E-state index contributed by atoms with van der Waals surface area (Å²) >= 11 is 0. The minimum absolute atomic E-state index is 0.128. The number of rotatable bonds is 5. The Hall–Kier alpha value is -2.18. The van der Waals surface area contributed by atoms with E-state index in [0.717, 1.165) is 0 Å². The number of hydrogen-bond acceptors (Lipinski definition) is 4. The molecule has 6 heteroatoms. The Morgan fingerprint density at radius 1 is 1.08 bits per heavy atom. The average Bonchev–Trinajstić information content (AvgIpc) is 3.12. The van der Waals surface area contributed by atoms with Crippen LogP contribution < -0.4 is 5.32 Å². The molecule has 1 fully saturated rings. The molecule has 1 heterocycles. The first-order valence-corrected chi connectivity index (χ1v) is 9.46. The summed E-state index contributed by atoms with van der Waals surface area (Å²) in [7, 11) is -3.47. The maximum absolute atomic E-state index is 12.6. The molecule has 0 radical (unpaired) electrons. The van der Waals surface area contributed by atoms with E-state index in [4.69, 9.17) is 4.74 Å². The molecule has 1 saturated heterocycles. The van der Waals surface area contributed by atoms with Crippen LogP contribution in [-0.4, -0.2) is 27.5 Å². The van der Waals surface area contributed by atoms with Crippen molar-refractivity contribution in [3.05, 3.63) is 60.2 Å². The molecule has 1 aliphatic rings. The van der Waals surface area contributed by atoms with Crippen LogP contribution in [-0.2, 0) is 25.1 Å². The van der Waals surface area contributed by atoms with E-state index in [1.165, 1.54) is 0 Å². The van der Waals surface area contributed by atoms with Crippen molar-refractivity contribution in [3.8, 4) is 0 Å². The zero-order chi connectivity index (χ0) is 17.0. The Labute approximate surface area is 141 Å². The highest BCUT2D eigenvalue weighted by atomic mass is 32.2. The third-order valence-corrected chi connectivity index (χ3v) is 5.70. The molecule has 126 valence electrons. The zero-order valence-corrected chi connectivity index (χ0v) is 14.0. The van der Waals surface area contributed by atoms with E-state index >= 15 is 0 Å². The summed E-state index contributed by atoms with van der Waals surface area (Å²) in [6.45, 7) is 0.998. The summed E-state index contributed by atoms with van der Waals surface area (Å²) in [4.78, 5) is 12.5. The van der Waals surface area contributed by atoms with Gasteiger partial charge in [0.15, 0.2) is 9.84 Å². The van der Waals surface area contributed by atoms with Crippen LogP contribution >= 0.6 is 0 Å². The van der Waals surface area contributed by atoms with Crippen molar-refractivity contribution in [3.63, 3.8) is 0 Å². The fourth-order valence-electron chi connectivity index (χ4n) is 2.66. The summed E-state index contributed by atoms with van der Waals surface area (Å²) < 4.78 is 30.4. The Balaban J connectivity index is 1.80. The highest BCUT2D eigenvalue weighted by molar-refractivity contribution is 7.90. The molecule has 5 nitrogen and oxygen atoms in total. The number of benzene rings is 2. The number of nitrogens with one attached hydrogen (secondary N) is 1. The van der Waals surface area contributed by atoms with Gasteiger partial charge in [0, 0.05) is 12.3 Å². The van der Waals surface area contributed by atoms with Crippen LogP contribution in [0.25, 0.3) is 0 Å². The highest BCUT2D eigenvalue weighted by Gasteiger charge is 2.24. The predicted molar refractivity (Wildman–Crippen MR) is 91.3 cm³/mol. The lowest BCUT2D eigenvalue weighted by molar-refractivity contribution is -0.119. The lowest BCUT2D eigenvalue weighted by Gasteiger charge is -2.14. The molecular formula is C18H19NO4S. The van der Waals surface area contributed by atoms with E-state index in [1.54, 1.807) is 54.6 Å². The lowest BCUT2D eigenvalue weighted by atomic mass is 10.1. The summed E-state index contributed by atoms with van der Waals surface area (Å²) in [6, 6.07) is 15.3. The van der Waals surface area contributed by atoms with Gasteiger partial charge in [0.2, 0.25) is 5.91 Å². The maximum Gasteiger partial charge on any atom is 0.229 e. The number of carbonyl (C=O) groups excluding carboxylic acids is 1. The van der Waals surface area contributed by atoms with Crippen LogP contribution in [0.2, 0.25) is 0 Å². The second kappa shape index (κ2) is 7.15. The van der Waals surface area contributed by atoms with E-state index in [9.17, 15) is 13.2 Å². The Morgan fingerprint density at radius 2 is 1.79 bits per heavy atom. The number of hydrogen-bond donors (Lipinski definition) is 1. The molecule has 1 N–H and O–H groups in total. The van der Waals surface area contributed by atoms with Crippen LogP contribution in [0.1, 0.15) is 12.0 Å². The quantitative estimate of drug-likeness (QED) is 0.904. The van der Waals surface area contributed by atoms with Gasteiger partial charge in [-0.05, 0) is 30.2 Å². The van der Waals surface area contributed by atoms with Crippen molar-refractivity contribution >= 4 is 21.4 Å².